The number of rotatable bonds is 6. The molecule has 0 aliphatic heterocycles. The zero-order valence-electron chi connectivity index (χ0n) is 12.4. The van der Waals surface area contributed by atoms with E-state index in [0.29, 0.717) is 24.1 Å². The molecule has 112 valence electrons. The van der Waals surface area contributed by atoms with Crippen LogP contribution in [0.3, 0.4) is 0 Å². The number of hydrogen-bond acceptors (Lipinski definition) is 5. The van der Waals surface area contributed by atoms with Gasteiger partial charge in [0.15, 0.2) is 11.5 Å². The highest BCUT2D eigenvalue weighted by Crippen LogP contribution is 2.35. The van der Waals surface area contributed by atoms with E-state index in [1.54, 1.807) is 7.11 Å². The standard InChI is InChI=1S/C16H20N2O3/c1-10-15(8-17)21-16(18-10)12-5-6-13(19-2)14(7-12)20-9-11-3-4-11/h5-7,11H,3-4,8-9,17H2,1-2H3. The van der Waals surface area contributed by atoms with E-state index < -0.39 is 0 Å². The molecular formula is C16H20N2O3. The number of ether oxygens (including phenoxy) is 2. The Labute approximate surface area is 124 Å². The molecule has 1 aliphatic carbocycles. The number of hydrogen-bond donors (Lipinski definition) is 1. The van der Waals surface area contributed by atoms with Gasteiger partial charge in [0.25, 0.3) is 0 Å². The first-order chi connectivity index (χ1) is 10.2. The van der Waals surface area contributed by atoms with Crippen LogP contribution in [0.4, 0.5) is 0 Å². The van der Waals surface area contributed by atoms with Gasteiger partial charge < -0.3 is 19.6 Å². The molecule has 0 bridgehead atoms. The summed E-state index contributed by atoms with van der Waals surface area (Å²) >= 11 is 0. The van der Waals surface area contributed by atoms with E-state index in [9.17, 15) is 0 Å². The lowest BCUT2D eigenvalue weighted by atomic mass is 10.2. The maximum absolute atomic E-state index is 5.86. The number of aryl methyl sites for hydroxylation is 1. The van der Waals surface area contributed by atoms with E-state index in [-0.39, 0.29) is 0 Å². The van der Waals surface area contributed by atoms with Crippen molar-refractivity contribution in [3.8, 4) is 23.0 Å². The number of nitrogens with two attached hydrogens (primary N) is 1. The monoisotopic (exact) mass is 288 g/mol. The van der Waals surface area contributed by atoms with Gasteiger partial charge in [-0.15, -0.1) is 0 Å². The SMILES string of the molecule is COc1ccc(-c2nc(C)c(CN)o2)cc1OCC1CC1. The quantitative estimate of drug-likeness (QED) is 0.885. The molecule has 0 amide bonds. The average Bonchev–Trinajstić information content (AvgIpc) is 3.26. The van der Waals surface area contributed by atoms with Crippen molar-refractivity contribution in [3.05, 3.63) is 29.7 Å². The minimum atomic E-state index is 0.347. The number of nitrogens with zero attached hydrogens (tertiary/aromatic N) is 1. The average molecular weight is 288 g/mol. The molecule has 2 aromatic rings. The van der Waals surface area contributed by atoms with Crippen LogP contribution in [0.1, 0.15) is 24.3 Å². The first kappa shape index (κ1) is 13.9. The Morgan fingerprint density at radius 2 is 2.14 bits per heavy atom. The van der Waals surface area contributed by atoms with Crippen LogP contribution in [0, 0.1) is 12.8 Å². The second kappa shape index (κ2) is 5.77. The van der Waals surface area contributed by atoms with Crippen molar-refractivity contribution in [3.63, 3.8) is 0 Å². The molecule has 1 aliphatic rings. The Morgan fingerprint density at radius 3 is 2.76 bits per heavy atom. The van der Waals surface area contributed by atoms with Gasteiger partial charge in [-0.05, 0) is 43.9 Å². The van der Waals surface area contributed by atoms with Gasteiger partial charge in [-0.25, -0.2) is 4.98 Å². The highest BCUT2D eigenvalue weighted by molar-refractivity contribution is 5.60. The molecule has 0 atom stereocenters. The Hall–Kier alpha value is -2.01. The Kier molecular flexibility index (Phi) is 3.84. The summed E-state index contributed by atoms with van der Waals surface area (Å²) in [5.41, 5.74) is 7.32. The van der Waals surface area contributed by atoms with Crippen LogP contribution >= 0.6 is 0 Å². The van der Waals surface area contributed by atoms with Crippen molar-refractivity contribution in [2.45, 2.75) is 26.3 Å². The van der Waals surface area contributed by atoms with Gasteiger partial charge in [-0.1, -0.05) is 0 Å². The Balaban J connectivity index is 1.88. The van der Waals surface area contributed by atoms with Gasteiger partial charge in [-0.3, -0.25) is 0 Å². The lowest BCUT2D eigenvalue weighted by Gasteiger charge is -2.11. The van der Waals surface area contributed by atoms with E-state index in [0.717, 1.165) is 29.4 Å². The van der Waals surface area contributed by atoms with Gasteiger partial charge in [0.1, 0.15) is 5.76 Å². The number of aromatic nitrogens is 1. The molecule has 1 heterocycles. The molecule has 5 nitrogen and oxygen atoms in total. The van der Waals surface area contributed by atoms with Crippen LogP contribution < -0.4 is 15.2 Å². The number of oxazole rings is 1. The second-order valence-corrected chi connectivity index (χ2v) is 5.35. The largest absolute Gasteiger partial charge is 0.493 e. The summed E-state index contributed by atoms with van der Waals surface area (Å²) in [7, 11) is 1.64. The van der Waals surface area contributed by atoms with Gasteiger partial charge in [0, 0.05) is 5.56 Å². The van der Waals surface area contributed by atoms with Crippen LogP contribution in [-0.2, 0) is 6.54 Å². The predicted molar refractivity (Wildman–Crippen MR) is 79.3 cm³/mol. The van der Waals surface area contributed by atoms with E-state index in [1.165, 1.54) is 12.8 Å². The molecular weight excluding hydrogens is 268 g/mol. The third-order valence-corrected chi connectivity index (χ3v) is 3.66. The van der Waals surface area contributed by atoms with E-state index in [4.69, 9.17) is 19.6 Å². The summed E-state index contributed by atoms with van der Waals surface area (Å²) in [6.07, 6.45) is 2.50. The summed E-state index contributed by atoms with van der Waals surface area (Å²) in [4.78, 5) is 4.41. The third-order valence-electron chi connectivity index (χ3n) is 3.66. The van der Waals surface area contributed by atoms with Crippen LogP contribution in [0.15, 0.2) is 22.6 Å². The van der Waals surface area contributed by atoms with Crippen LogP contribution in [0.2, 0.25) is 0 Å². The van der Waals surface area contributed by atoms with Crippen molar-refractivity contribution in [2.24, 2.45) is 11.7 Å². The fourth-order valence-corrected chi connectivity index (χ4v) is 2.16. The first-order valence-electron chi connectivity index (χ1n) is 7.19. The van der Waals surface area contributed by atoms with Crippen molar-refractivity contribution in [1.29, 1.82) is 0 Å². The molecule has 2 N–H and O–H groups in total. The summed E-state index contributed by atoms with van der Waals surface area (Å²) in [5.74, 6) is 3.41. The van der Waals surface area contributed by atoms with Gasteiger partial charge in [-0.2, -0.15) is 0 Å². The molecule has 1 aromatic carbocycles. The van der Waals surface area contributed by atoms with Gasteiger partial charge in [0.2, 0.25) is 5.89 Å². The minimum Gasteiger partial charge on any atom is -0.493 e. The highest BCUT2D eigenvalue weighted by atomic mass is 16.5. The smallest absolute Gasteiger partial charge is 0.226 e. The predicted octanol–water partition coefficient (Wildman–Crippen LogP) is 2.91. The molecule has 0 radical (unpaired) electrons. The fraction of sp³-hybridized carbons (Fsp3) is 0.438. The lowest BCUT2D eigenvalue weighted by Crippen LogP contribution is -2.01. The third kappa shape index (κ3) is 3.03. The summed E-state index contributed by atoms with van der Waals surface area (Å²) in [6.45, 7) is 2.97. The van der Waals surface area contributed by atoms with Crippen molar-refractivity contribution in [2.75, 3.05) is 13.7 Å². The molecule has 0 spiro atoms. The molecule has 0 unspecified atom stereocenters. The number of methoxy groups -OCH3 is 1. The Morgan fingerprint density at radius 1 is 1.33 bits per heavy atom. The maximum atomic E-state index is 5.86. The maximum Gasteiger partial charge on any atom is 0.226 e. The molecule has 1 saturated carbocycles. The van der Waals surface area contributed by atoms with E-state index in [2.05, 4.69) is 4.98 Å². The van der Waals surface area contributed by atoms with Crippen LogP contribution in [0.5, 0.6) is 11.5 Å². The second-order valence-electron chi connectivity index (χ2n) is 5.35. The van der Waals surface area contributed by atoms with E-state index >= 15 is 0 Å². The zero-order valence-corrected chi connectivity index (χ0v) is 12.4. The van der Waals surface area contributed by atoms with Gasteiger partial charge in [0.05, 0.1) is 26.0 Å². The van der Waals surface area contributed by atoms with Crippen molar-refractivity contribution < 1.29 is 13.9 Å². The topological polar surface area (TPSA) is 70.5 Å². The molecule has 3 rings (SSSR count). The minimum absolute atomic E-state index is 0.347. The van der Waals surface area contributed by atoms with E-state index in [1.807, 2.05) is 25.1 Å². The molecule has 1 fully saturated rings. The normalized spacial score (nSPS) is 14.2. The number of benzene rings is 1. The summed E-state index contributed by atoms with van der Waals surface area (Å²) in [5, 5.41) is 0. The Bertz CT molecular complexity index is 632. The van der Waals surface area contributed by atoms with Crippen molar-refractivity contribution >= 4 is 0 Å². The molecule has 1 aromatic heterocycles. The lowest BCUT2D eigenvalue weighted by molar-refractivity contribution is 0.280. The zero-order chi connectivity index (χ0) is 14.8. The van der Waals surface area contributed by atoms with Crippen LogP contribution in [0.25, 0.3) is 11.5 Å². The first-order valence-corrected chi connectivity index (χ1v) is 7.19. The fourth-order valence-electron chi connectivity index (χ4n) is 2.16. The van der Waals surface area contributed by atoms with Crippen LogP contribution in [-0.4, -0.2) is 18.7 Å². The molecule has 21 heavy (non-hydrogen) atoms. The van der Waals surface area contributed by atoms with Crippen molar-refractivity contribution in [1.82, 2.24) is 4.98 Å². The summed E-state index contributed by atoms with van der Waals surface area (Å²) < 4.78 is 16.9. The van der Waals surface area contributed by atoms with Gasteiger partial charge >= 0.3 is 0 Å². The summed E-state index contributed by atoms with van der Waals surface area (Å²) in [6, 6.07) is 5.69. The highest BCUT2D eigenvalue weighted by Gasteiger charge is 2.23. The molecule has 5 heteroatoms. The molecule has 0 saturated heterocycles.